The van der Waals surface area contributed by atoms with Gasteiger partial charge in [-0.2, -0.15) is 0 Å². The van der Waals surface area contributed by atoms with Gasteiger partial charge in [0, 0.05) is 0 Å². The number of likely N-dealkylation sites (tertiary alicyclic amines) is 1. The van der Waals surface area contributed by atoms with E-state index < -0.39 is 51.7 Å². The van der Waals surface area contributed by atoms with Crippen LogP contribution in [-0.2, 0) is 19.1 Å². The fraction of sp³-hybridized carbons (Fsp3) is 0.600. The van der Waals surface area contributed by atoms with Crippen LogP contribution < -0.4 is 5.32 Å². The second kappa shape index (κ2) is 7.08. The lowest BCUT2D eigenvalue weighted by Crippen LogP contribution is -2.73. The molecule has 0 saturated carbocycles. The Hall–Kier alpha value is -0.960. The van der Waals surface area contributed by atoms with Gasteiger partial charge in [-0.05, 0) is 6.92 Å². The summed E-state index contributed by atoms with van der Waals surface area (Å²) in [5.41, 5.74) is -1.22. The molecule has 0 radical (unpaired) electrons. The largest absolute Gasteiger partial charge is 0.479 e. The normalized spacial score (nSPS) is 22.6. The number of aliphatic carboxylic acids is 1. The molecule has 0 spiro atoms. The van der Waals surface area contributed by atoms with Crippen molar-refractivity contribution >= 4 is 70.2 Å². The van der Waals surface area contributed by atoms with E-state index in [9.17, 15) is 19.2 Å². The minimum absolute atomic E-state index is 0.563. The van der Waals surface area contributed by atoms with Crippen LogP contribution in [0.1, 0.15) is 6.92 Å². The smallest absolute Gasteiger partial charge is 0.408 e. The Labute approximate surface area is 144 Å². The molecule has 0 aromatic rings. The number of ether oxygens (including phenoxy) is 1. The van der Waals surface area contributed by atoms with Gasteiger partial charge in [0.2, 0.25) is 3.79 Å². The SMILES string of the molecule is CC(=O)C(C(=O)O)N1C(=O)[C@H](NC(=O)OCC(Cl)(Cl)Cl)C1Cl. The highest BCUT2D eigenvalue weighted by Crippen LogP contribution is 2.28. The number of amides is 2. The average Bonchev–Trinajstić information content (AvgIpc) is 2.37. The van der Waals surface area contributed by atoms with Crippen molar-refractivity contribution in [1.82, 2.24) is 10.2 Å². The maximum Gasteiger partial charge on any atom is 0.408 e. The van der Waals surface area contributed by atoms with Gasteiger partial charge in [-0.1, -0.05) is 46.4 Å². The van der Waals surface area contributed by atoms with Crippen molar-refractivity contribution in [3.8, 4) is 0 Å². The van der Waals surface area contributed by atoms with E-state index in [0.717, 1.165) is 6.92 Å². The van der Waals surface area contributed by atoms with E-state index in [1.807, 2.05) is 0 Å². The lowest BCUT2D eigenvalue weighted by atomic mass is 10.0. The van der Waals surface area contributed by atoms with Crippen LogP contribution in [0.5, 0.6) is 0 Å². The fourth-order valence-electron chi connectivity index (χ4n) is 1.68. The lowest BCUT2D eigenvalue weighted by Gasteiger charge is -2.45. The number of halogens is 4. The zero-order valence-electron chi connectivity index (χ0n) is 10.9. The number of carbonyl (C=O) groups excluding carboxylic acids is 3. The van der Waals surface area contributed by atoms with E-state index >= 15 is 0 Å². The monoisotopic (exact) mass is 394 g/mol. The van der Waals surface area contributed by atoms with Gasteiger partial charge in [0.25, 0.3) is 5.91 Å². The summed E-state index contributed by atoms with van der Waals surface area (Å²) in [7, 11) is 0. The molecule has 0 aliphatic carbocycles. The minimum Gasteiger partial charge on any atom is -0.479 e. The van der Waals surface area contributed by atoms with Crippen molar-refractivity contribution in [3.63, 3.8) is 0 Å². The highest BCUT2D eigenvalue weighted by Gasteiger charge is 2.53. The van der Waals surface area contributed by atoms with Crippen molar-refractivity contribution in [1.29, 1.82) is 0 Å². The molecule has 12 heteroatoms. The molecule has 1 saturated heterocycles. The molecule has 2 unspecified atom stereocenters. The predicted octanol–water partition coefficient (Wildman–Crippen LogP) is 0.901. The molecule has 1 fully saturated rings. The Morgan fingerprint density at radius 1 is 1.41 bits per heavy atom. The molecular weight excluding hydrogens is 386 g/mol. The van der Waals surface area contributed by atoms with E-state index in [-0.39, 0.29) is 0 Å². The van der Waals surface area contributed by atoms with Gasteiger partial charge in [0.15, 0.2) is 11.8 Å². The number of nitrogens with one attached hydrogen (secondary N) is 1. The third kappa shape index (κ3) is 4.52. The highest BCUT2D eigenvalue weighted by atomic mass is 35.6. The molecule has 1 heterocycles. The van der Waals surface area contributed by atoms with Gasteiger partial charge in [-0.3, -0.25) is 9.59 Å². The second-order valence-electron chi connectivity index (χ2n) is 4.28. The topological polar surface area (TPSA) is 113 Å². The molecular formula is C10H10Cl4N2O6. The molecule has 8 nitrogen and oxygen atoms in total. The van der Waals surface area contributed by atoms with Crippen molar-refractivity contribution in [3.05, 3.63) is 0 Å². The number of β-lactam (4-membered cyclic amide) rings is 1. The van der Waals surface area contributed by atoms with Crippen LogP contribution in [0, 0.1) is 0 Å². The first-order valence-electron chi connectivity index (χ1n) is 5.65. The average molecular weight is 396 g/mol. The second-order valence-corrected chi connectivity index (χ2v) is 7.25. The molecule has 0 aromatic carbocycles. The van der Waals surface area contributed by atoms with Crippen LogP contribution in [0.15, 0.2) is 0 Å². The first-order chi connectivity index (χ1) is 9.95. The molecule has 1 aliphatic heterocycles. The Morgan fingerprint density at radius 2 is 1.95 bits per heavy atom. The van der Waals surface area contributed by atoms with Gasteiger partial charge < -0.3 is 20.1 Å². The minimum atomic E-state index is -1.82. The molecule has 3 atom stereocenters. The number of rotatable bonds is 5. The summed E-state index contributed by atoms with van der Waals surface area (Å²) in [6.45, 7) is 0.442. The number of alkyl carbamates (subject to hydrolysis) is 1. The number of hydrogen-bond acceptors (Lipinski definition) is 5. The van der Waals surface area contributed by atoms with Crippen molar-refractivity contribution in [2.45, 2.75) is 28.3 Å². The maximum absolute atomic E-state index is 11.8. The number of carboxylic acid groups (broad SMARTS) is 1. The Balaban J connectivity index is 2.64. The quantitative estimate of drug-likeness (QED) is 0.309. The van der Waals surface area contributed by atoms with Crippen LogP contribution in [0.25, 0.3) is 0 Å². The number of carbonyl (C=O) groups is 4. The first kappa shape index (κ1) is 19.1. The molecule has 0 aromatic heterocycles. The van der Waals surface area contributed by atoms with Crippen LogP contribution in [-0.4, -0.2) is 61.7 Å². The molecule has 2 amide bonds. The van der Waals surface area contributed by atoms with Crippen molar-refractivity contribution in [2.24, 2.45) is 0 Å². The van der Waals surface area contributed by atoms with Gasteiger partial charge in [0.1, 0.15) is 18.1 Å². The van der Waals surface area contributed by atoms with Crippen LogP contribution >= 0.6 is 46.4 Å². The van der Waals surface area contributed by atoms with Crippen LogP contribution in [0.4, 0.5) is 4.79 Å². The van der Waals surface area contributed by atoms with Crippen LogP contribution in [0.2, 0.25) is 0 Å². The zero-order valence-corrected chi connectivity index (χ0v) is 13.9. The molecule has 124 valence electrons. The van der Waals surface area contributed by atoms with E-state index in [0.29, 0.717) is 4.90 Å². The third-order valence-corrected chi connectivity index (χ3v) is 3.39. The molecule has 22 heavy (non-hydrogen) atoms. The van der Waals surface area contributed by atoms with E-state index in [1.54, 1.807) is 0 Å². The summed E-state index contributed by atoms with van der Waals surface area (Å²) in [4.78, 5) is 46.1. The van der Waals surface area contributed by atoms with Gasteiger partial charge in [0.05, 0.1) is 0 Å². The molecule has 0 bridgehead atoms. The number of hydrogen-bond donors (Lipinski definition) is 2. The fourth-order valence-corrected chi connectivity index (χ4v) is 2.23. The summed E-state index contributed by atoms with van der Waals surface area (Å²) in [5, 5.41) is 11.0. The number of Topliss-reactive ketones (excluding diaryl/α,β-unsaturated/α-hetero) is 1. The van der Waals surface area contributed by atoms with Gasteiger partial charge in [-0.25, -0.2) is 9.59 Å². The first-order valence-corrected chi connectivity index (χ1v) is 7.22. The Kier molecular flexibility index (Phi) is 6.14. The zero-order chi connectivity index (χ0) is 17.2. The van der Waals surface area contributed by atoms with Gasteiger partial charge >= 0.3 is 12.1 Å². The summed E-state index contributed by atoms with van der Waals surface area (Å²) in [5.74, 6) is -3.14. The Morgan fingerprint density at radius 3 is 2.32 bits per heavy atom. The van der Waals surface area contributed by atoms with Gasteiger partial charge in [-0.15, -0.1) is 0 Å². The van der Waals surface area contributed by atoms with Crippen molar-refractivity contribution < 1.29 is 29.0 Å². The number of alkyl halides is 4. The number of nitrogens with zero attached hydrogens (tertiary/aromatic N) is 1. The lowest BCUT2D eigenvalue weighted by molar-refractivity contribution is -0.164. The van der Waals surface area contributed by atoms with Crippen molar-refractivity contribution in [2.75, 3.05) is 6.61 Å². The highest BCUT2D eigenvalue weighted by molar-refractivity contribution is 6.67. The van der Waals surface area contributed by atoms with Crippen LogP contribution in [0.3, 0.4) is 0 Å². The Bertz CT molecular complexity index is 494. The number of ketones is 1. The predicted molar refractivity (Wildman–Crippen MR) is 77.2 cm³/mol. The molecule has 2 N–H and O–H groups in total. The van der Waals surface area contributed by atoms with E-state index in [2.05, 4.69) is 10.1 Å². The third-order valence-electron chi connectivity index (χ3n) is 2.60. The standard InChI is InChI=1S/C10H10Cl4N2O6/c1-3(17)5(8(19)20)16-6(11)4(7(16)18)15-9(21)22-2-10(12,13)14/h4-6H,2H2,1H3,(H,15,21)(H,19,20)/t4-,5?,6?/m1/s1. The van der Waals surface area contributed by atoms with E-state index in [4.69, 9.17) is 51.5 Å². The summed E-state index contributed by atoms with van der Waals surface area (Å²) in [6, 6.07) is -2.96. The number of carboxylic acids is 1. The maximum atomic E-state index is 11.8. The molecule has 1 aliphatic rings. The summed E-state index contributed by atoms with van der Waals surface area (Å²) in [6.07, 6.45) is -1.08. The summed E-state index contributed by atoms with van der Waals surface area (Å²) >= 11 is 22.0. The molecule has 1 rings (SSSR count). The van der Waals surface area contributed by atoms with E-state index in [1.165, 1.54) is 0 Å². The summed E-state index contributed by atoms with van der Waals surface area (Å²) < 4.78 is 2.72.